The Morgan fingerprint density at radius 1 is 0.750 bits per heavy atom. The average Bonchev–Trinajstić information content (AvgIpc) is 2.81. The maximum absolute atomic E-state index is 12.7. The largest absolute Gasteiger partial charge is 0.452 e. The van der Waals surface area contributed by atoms with Crippen LogP contribution in [-0.4, -0.2) is 80.3 Å². The van der Waals surface area contributed by atoms with Gasteiger partial charge in [0.2, 0.25) is 0 Å². The van der Waals surface area contributed by atoms with Gasteiger partial charge in [0.25, 0.3) is 0 Å². The first-order chi connectivity index (χ1) is 16.8. The van der Waals surface area contributed by atoms with Gasteiger partial charge in [-0.25, -0.2) is 18.0 Å². The monoisotopic (exact) mass is 548 g/mol. The van der Waals surface area contributed by atoms with E-state index >= 15 is 0 Å². The summed E-state index contributed by atoms with van der Waals surface area (Å²) in [5.74, 6) is -2.13. The molecule has 0 radical (unpaired) electrons. The molecule has 3 N–H and O–H groups in total. The van der Waals surface area contributed by atoms with Gasteiger partial charge in [-0.05, 0) is 24.3 Å². The molecule has 0 amide bonds. The lowest BCUT2D eigenvalue weighted by Crippen LogP contribution is -2.62. The highest BCUT2D eigenvalue weighted by Crippen LogP contribution is 2.30. The van der Waals surface area contributed by atoms with Crippen LogP contribution in [0.3, 0.4) is 0 Å². The van der Waals surface area contributed by atoms with Gasteiger partial charge in [0.15, 0.2) is 18.5 Å². The highest BCUT2D eigenvalue weighted by molar-refractivity contribution is 7.81. The Kier molecular flexibility index (Phi) is 8.75. The van der Waals surface area contributed by atoms with Crippen LogP contribution in [0.2, 0.25) is 0 Å². The Labute approximate surface area is 205 Å². The van der Waals surface area contributed by atoms with Gasteiger partial charge in [-0.3, -0.25) is 9.11 Å². The molecule has 1 aliphatic rings. The van der Waals surface area contributed by atoms with Gasteiger partial charge in [0.1, 0.15) is 12.2 Å². The van der Waals surface area contributed by atoms with Gasteiger partial charge in [-0.2, -0.15) is 16.8 Å². The zero-order chi connectivity index (χ0) is 26.5. The smallest absolute Gasteiger partial charge is 0.397 e. The Bertz CT molecular complexity index is 1260. The molecule has 2 aromatic carbocycles. The Morgan fingerprint density at radius 2 is 1.22 bits per heavy atom. The van der Waals surface area contributed by atoms with Gasteiger partial charge in [-0.1, -0.05) is 36.4 Å². The molecule has 3 rings (SSSR count). The van der Waals surface area contributed by atoms with Gasteiger partial charge in [-0.15, -0.1) is 0 Å². The van der Waals surface area contributed by atoms with E-state index in [-0.39, 0.29) is 11.1 Å². The van der Waals surface area contributed by atoms with E-state index in [4.69, 9.17) is 18.8 Å². The van der Waals surface area contributed by atoms with E-state index in [0.29, 0.717) is 0 Å². The second-order valence-electron chi connectivity index (χ2n) is 7.24. The third-order valence-corrected chi connectivity index (χ3v) is 5.63. The van der Waals surface area contributed by atoms with Gasteiger partial charge >= 0.3 is 32.7 Å². The summed E-state index contributed by atoms with van der Waals surface area (Å²) < 4.78 is 87.5. The topological polar surface area (TPSA) is 209 Å². The summed E-state index contributed by atoms with van der Waals surface area (Å²) in [6.45, 7) is -1.16. The summed E-state index contributed by atoms with van der Waals surface area (Å²) in [7, 11) is -10.4. The first-order valence-electron chi connectivity index (χ1n) is 9.97. The zero-order valence-corrected chi connectivity index (χ0v) is 19.6. The van der Waals surface area contributed by atoms with Crippen LogP contribution >= 0.6 is 0 Å². The number of hydrogen-bond acceptors (Lipinski definition) is 12. The molecule has 1 fully saturated rings. The second kappa shape index (κ2) is 11.4. The predicted molar refractivity (Wildman–Crippen MR) is 116 cm³/mol. The molecule has 1 saturated heterocycles. The summed E-state index contributed by atoms with van der Waals surface area (Å²) in [5, 5.41) is 10.5. The van der Waals surface area contributed by atoms with Crippen molar-refractivity contribution in [2.24, 2.45) is 0 Å². The molecule has 0 aliphatic carbocycles. The van der Waals surface area contributed by atoms with Gasteiger partial charge < -0.3 is 19.3 Å². The molecule has 0 spiro atoms. The van der Waals surface area contributed by atoms with E-state index in [1.165, 1.54) is 48.5 Å². The van der Waals surface area contributed by atoms with Crippen LogP contribution in [0.5, 0.6) is 0 Å². The molecular weight excluding hydrogens is 528 g/mol. The van der Waals surface area contributed by atoms with Crippen molar-refractivity contribution in [1.82, 2.24) is 0 Å². The number of esters is 2. The molecule has 0 aromatic heterocycles. The maximum Gasteiger partial charge on any atom is 0.397 e. The first-order valence-corrected chi connectivity index (χ1v) is 12.7. The van der Waals surface area contributed by atoms with Crippen LogP contribution in [0.4, 0.5) is 0 Å². The average molecular weight is 549 g/mol. The van der Waals surface area contributed by atoms with E-state index in [0.717, 1.165) is 0 Å². The quantitative estimate of drug-likeness (QED) is 0.282. The fraction of sp³-hybridized carbons (Fsp3) is 0.300. The molecule has 2 aromatic rings. The third kappa shape index (κ3) is 7.77. The lowest BCUT2D eigenvalue weighted by atomic mass is 9.98. The summed E-state index contributed by atoms with van der Waals surface area (Å²) in [6.07, 6.45) is -10.1. The highest BCUT2D eigenvalue weighted by Gasteiger charge is 2.52. The zero-order valence-electron chi connectivity index (χ0n) is 18.0. The second-order valence-corrected chi connectivity index (χ2v) is 9.38. The number of rotatable bonds is 9. The van der Waals surface area contributed by atoms with Crippen molar-refractivity contribution in [3.8, 4) is 0 Å². The molecule has 0 saturated carbocycles. The van der Waals surface area contributed by atoms with Crippen molar-refractivity contribution >= 4 is 32.7 Å². The van der Waals surface area contributed by atoms with E-state index in [2.05, 4.69) is 8.37 Å². The number of aliphatic hydroxyl groups excluding tert-OH is 1. The van der Waals surface area contributed by atoms with E-state index < -0.39 is 70.0 Å². The van der Waals surface area contributed by atoms with Crippen LogP contribution in [-0.2, 0) is 43.4 Å². The standard InChI is InChI=1S/C20H20O14S2/c21-18(12-7-3-1-4-8-12)32-16-15(34-36(27,28)29)14(11-30-35(24,25)26)31-20(23)17(16)33-19(22)13-9-5-2-6-10-13/h1-10,14-17,20,23H,11H2,(H,24,25,26)(H,27,28,29)/t14-,15+,16-,17-,20+/m0/s1. The highest BCUT2D eigenvalue weighted by atomic mass is 32.3. The number of hydrogen-bond donors (Lipinski definition) is 3. The van der Waals surface area contributed by atoms with E-state index in [1.54, 1.807) is 12.1 Å². The fourth-order valence-corrected chi connectivity index (χ4v) is 4.05. The lowest BCUT2D eigenvalue weighted by Gasteiger charge is -2.42. The summed E-state index contributed by atoms with van der Waals surface area (Å²) in [5.41, 5.74) is -0.0372. The first kappa shape index (κ1) is 27.6. The lowest BCUT2D eigenvalue weighted by molar-refractivity contribution is -0.279. The van der Waals surface area contributed by atoms with Crippen molar-refractivity contribution in [1.29, 1.82) is 0 Å². The minimum Gasteiger partial charge on any atom is -0.452 e. The predicted octanol–water partition coefficient (Wildman–Crippen LogP) is 0.162. The van der Waals surface area contributed by atoms with Crippen LogP contribution in [0.15, 0.2) is 60.7 Å². The van der Waals surface area contributed by atoms with Gasteiger partial charge in [0.05, 0.1) is 17.7 Å². The van der Waals surface area contributed by atoms with Crippen LogP contribution in [0, 0.1) is 0 Å². The maximum atomic E-state index is 12.7. The van der Waals surface area contributed by atoms with Crippen molar-refractivity contribution < 1.29 is 63.2 Å². The third-order valence-electron chi connectivity index (χ3n) is 4.73. The SMILES string of the molecule is O=C(O[C@@H]1[C@H](OC(=O)c2ccccc2)[C@H](O)O[C@@H](COS(=O)(=O)O)[C@H]1OS(=O)(=O)O)c1ccccc1. The minimum atomic E-state index is -5.33. The van der Waals surface area contributed by atoms with Gasteiger partial charge in [0, 0.05) is 0 Å². The number of benzene rings is 2. The van der Waals surface area contributed by atoms with E-state index in [1.807, 2.05) is 0 Å². The fourth-order valence-electron chi connectivity index (χ4n) is 3.23. The molecular formula is C20H20O14S2. The summed E-state index contributed by atoms with van der Waals surface area (Å²) >= 11 is 0. The van der Waals surface area contributed by atoms with Crippen LogP contribution in [0.1, 0.15) is 20.7 Å². The normalized spacial score (nSPS) is 24.6. The van der Waals surface area contributed by atoms with Crippen molar-refractivity contribution in [3.05, 3.63) is 71.8 Å². The number of aliphatic hydroxyl groups is 1. The Balaban J connectivity index is 1.99. The minimum absolute atomic E-state index is 0.00177. The van der Waals surface area contributed by atoms with E-state index in [9.17, 15) is 36.1 Å². The molecule has 0 bridgehead atoms. The van der Waals surface area contributed by atoms with Crippen molar-refractivity contribution in [2.75, 3.05) is 6.61 Å². The Hall–Kier alpha value is -2.96. The van der Waals surface area contributed by atoms with Crippen molar-refractivity contribution in [3.63, 3.8) is 0 Å². The summed E-state index contributed by atoms with van der Waals surface area (Å²) in [4.78, 5) is 25.4. The molecule has 0 unspecified atom stereocenters. The molecule has 1 heterocycles. The number of carbonyl (C=O) groups excluding carboxylic acids is 2. The molecule has 5 atom stereocenters. The van der Waals surface area contributed by atoms with Crippen LogP contribution in [0.25, 0.3) is 0 Å². The molecule has 1 aliphatic heterocycles. The van der Waals surface area contributed by atoms with Crippen LogP contribution < -0.4 is 0 Å². The van der Waals surface area contributed by atoms with Crippen molar-refractivity contribution in [2.45, 2.75) is 30.7 Å². The Morgan fingerprint density at radius 3 is 1.67 bits per heavy atom. The number of ether oxygens (including phenoxy) is 3. The summed E-state index contributed by atoms with van der Waals surface area (Å²) in [6, 6.07) is 14.6. The number of carbonyl (C=O) groups is 2. The molecule has 16 heteroatoms. The molecule has 196 valence electrons. The molecule has 14 nitrogen and oxygen atoms in total. The molecule has 36 heavy (non-hydrogen) atoms.